The summed E-state index contributed by atoms with van der Waals surface area (Å²) in [6, 6.07) is 8.98. The molecular formula is C24H38N4O2. The molecule has 3 aliphatic heterocycles. The number of nitrogens with one attached hydrogen (secondary N) is 1. The highest BCUT2D eigenvalue weighted by Crippen LogP contribution is 2.21. The zero-order valence-electron chi connectivity index (χ0n) is 18.7. The van der Waals surface area contributed by atoms with Crippen LogP contribution in [-0.4, -0.2) is 74.4 Å². The van der Waals surface area contributed by atoms with Crippen LogP contribution in [0.1, 0.15) is 43.7 Å². The Bertz CT molecular complexity index is 696. The number of rotatable bonds is 5. The van der Waals surface area contributed by atoms with Crippen molar-refractivity contribution < 1.29 is 9.47 Å². The summed E-state index contributed by atoms with van der Waals surface area (Å²) >= 11 is 0. The Morgan fingerprint density at radius 3 is 2.63 bits per heavy atom. The minimum absolute atomic E-state index is 0.149. The second-order valence-electron chi connectivity index (χ2n) is 9.09. The Hall–Kier alpha value is -1.63. The lowest BCUT2D eigenvalue weighted by molar-refractivity contribution is -0.0817. The number of piperidine rings is 1. The molecule has 3 aliphatic rings. The first-order chi connectivity index (χ1) is 14.7. The Balaban J connectivity index is 1.29. The predicted molar refractivity (Wildman–Crippen MR) is 121 cm³/mol. The summed E-state index contributed by atoms with van der Waals surface area (Å²) in [5.74, 6) is 1.83. The predicted octanol–water partition coefficient (Wildman–Crippen LogP) is 2.87. The maximum Gasteiger partial charge on any atom is 0.194 e. The van der Waals surface area contributed by atoms with Crippen LogP contribution in [0.5, 0.6) is 0 Å². The number of guanidine groups is 1. The van der Waals surface area contributed by atoms with Crippen molar-refractivity contribution in [1.29, 1.82) is 0 Å². The van der Waals surface area contributed by atoms with Gasteiger partial charge in [0.25, 0.3) is 0 Å². The van der Waals surface area contributed by atoms with Crippen molar-refractivity contribution in [1.82, 2.24) is 15.1 Å². The summed E-state index contributed by atoms with van der Waals surface area (Å²) < 4.78 is 11.8. The van der Waals surface area contributed by atoms with Gasteiger partial charge in [-0.25, -0.2) is 0 Å². The molecule has 0 spiro atoms. The van der Waals surface area contributed by atoms with E-state index in [0.29, 0.717) is 0 Å². The van der Waals surface area contributed by atoms with Crippen LogP contribution in [0, 0.1) is 5.92 Å². The molecule has 0 amide bonds. The van der Waals surface area contributed by atoms with Crippen molar-refractivity contribution in [2.24, 2.45) is 10.9 Å². The molecule has 6 heteroatoms. The van der Waals surface area contributed by atoms with E-state index in [0.717, 1.165) is 64.1 Å². The van der Waals surface area contributed by atoms with E-state index in [-0.39, 0.29) is 12.2 Å². The summed E-state index contributed by atoms with van der Waals surface area (Å²) in [7, 11) is 1.87. The van der Waals surface area contributed by atoms with Crippen LogP contribution >= 0.6 is 0 Å². The highest BCUT2D eigenvalue weighted by atomic mass is 16.5. The summed E-state index contributed by atoms with van der Waals surface area (Å²) in [6.07, 6.45) is 5.28. The van der Waals surface area contributed by atoms with E-state index in [1.54, 1.807) is 0 Å². The molecule has 3 fully saturated rings. The fraction of sp³-hybridized carbons (Fsp3) is 0.708. The highest BCUT2D eigenvalue weighted by molar-refractivity contribution is 5.80. The van der Waals surface area contributed by atoms with Gasteiger partial charge in [-0.05, 0) is 55.8 Å². The van der Waals surface area contributed by atoms with Gasteiger partial charge in [0.2, 0.25) is 0 Å². The molecule has 0 aromatic heterocycles. The average molecular weight is 415 g/mol. The van der Waals surface area contributed by atoms with Gasteiger partial charge < -0.3 is 19.7 Å². The molecule has 1 N–H and O–H groups in total. The summed E-state index contributed by atoms with van der Waals surface area (Å²) in [4.78, 5) is 9.44. The van der Waals surface area contributed by atoms with E-state index in [1.807, 2.05) is 7.05 Å². The SMILES string of the molecule is CN=C(NCc1cccc(CN2CCC(C)CC2)c1)N1CCOC(C2CCCO2)C1. The summed E-state index contributed by atoms with van der Waals surface area (Å²) in [5, 5.41) is 3.57. The average Bonchev–Trinajstić information content (AvgIpc) is 3.31. The van der Waals surface area contributed by atoms with Gasteiger partial charge in [0.15, 0.2) is 5.96 Å². The fourth-order valence-corrected chi connectivity index (χ4v) is 4.82. The number of hydrogen-bond acceptors (Lipinski definition) is 4. The number of ether oxygens (including phenoxy) is 2. The van der Waals surface area contributed by atoms with Gasteiger partial charge in [0.05, 0.1) is 12.7 Å². The molecule has 2 atom stereocenters. The lowest BCUT2D eigenvalue weighted by Crippen LogP contribution is -2.53. The van der Waals surface area contributed by atoms with Crippen molar-refractivity contribution in [2.45, 2.75) is 57.9 Å². The largest absolute Gasteiger partial charge is 0.375 e. The fourth-order valence-electron chi connectivity index (χ4n) is 4.82. The van der Waals surface area contributed by atoms with E-state index >= 15 is 0 Å². The number of benzene rings is 1. The van der Waals surface area contributed by atoms with Gasteiger partial charge in [-0.15, -0.1) is 0 Å². The van der Waals surface area contributed by atoms with Gasteiger partial charge >= 0.3 is 0 Å². The van der Waals surface area contributed by atoms with Crippen LogP contribution in [-0.2, 0) is 22.6 Å². The molecule has 1 aromatic carbocycles. The summed E-state index contributed by atoms with van der Waals surface area (Å²) in [6.45, 7) is 9.97. The Labute approximate surface area is 181 Å². The standard InChI is InChI=1S/C24H38N4O2/c1-19-8-10-27(11-9-19)17-21-6-3-5-20(15-21)16-26-24(25-2)28-12-14-30-23(18-28)22-7-4-13-29-22/h3,5-6,15,19,22-23H,4,7-14,16-18H2,1-2H3,(H,25,26). The van der Waals surface area contributed by atoms with Crippen molar-refractivity contribution in [3.63, 3.8) is 0 Å². The van der Waals surface area contributed by atoms with E-state index < -0.39 is 0 Å². The zero-order valence-corrected chi connectivity index (χ0v) is 18.7. The molecule has 3 heterocycles. The number of morpholine rings is 1. The smallest absolute Gasteiger partial charge is 0.194 e. The molecule has 0 bridgehead atoms. The summed E-state index contributed by atoms with van der Waals surface area (Å²) in [5.41, 5.74) is 2.71. The molecule has 166 valence electrons. The van der Waals surface area contributed by atoms with Crippen LogP contribution in [0.25, 0.3) is 0 Å². The van der Waals surface area contributed by atoms with Crippen molar-refractivity contribution >= 4 is 5.96 Å². The second-order valence-corrected chi connectivity index (χ2v) is 9.09. The van der Waals surface area contributed by atoms with Crippen molar-refractivity contribution in [3.8, 4) is 0 Å². The molecule has 1 aromatic rings. The second kappa shape index (κ2) is 10.6. The minimum atomic E-state index is 0.149. The molecule has 0 aliphatic carbocycles. The number of hydrogen-bond donors (Lipinski definition) is 1. The monoisotopic (exact) mass is 414 g/mol. The minimum Gasteiger partial charge on any atom is -0.375 e. The molecule has 4 rings (SSSR count). The van der Waals surface area contributed by atoms with Crippen LogP contribution in [0.3, 0.4) is 0 Å². The molecule has 3 saturated heterocycles. The van der Waals surface area contributed by atoms with Crippen molar-refractivity contribution in [2.75, 3.05) is 46.4 Å². The highest BCUT2D eigenvalue weighted by Gasteiger charge is 2.32. The first-order valence-corrected chi connectivity index (χ1v) is 11.7. The Morgan fingerprint density at radius 1 is 1.07 bits per heavy atom. The third kappa shape index (κ3) is 5.74. The zero-order chi connectivity index (χ0) is 20.8. The normalized spacial score (nSPS) is 26.9. The van der Waals surface area contributed by atoms with E-state index in [4.69, 9.17) is 9.47 Å². The van der Waals surface area contributed by atoms with E-state index in [9.17, 15) is 0 Å². The van der Waals surface area contributed by atoms with Crippen LogP contribution in [0.4, 0.5) is 0 Å². The van der Waals surface area contributed by atoms with Gasteiger partial charge in [0.1, 0.15) is 6.10 Å². The number of nitrogens with zero attached hydrogens (tertiary/aromatic N) is 3. The number of likely N-dealkylation sites (tertiary alicyclic amines) is 1. The van der Waals surface area contributed by atoms with E-state index in [2.05, 4.69) is 51.3 Å². The van der Waals surface area contributed by atoms with Crippen LogP contribution in [0.2, 0.25) is 0 Å². The molecule has 2 unspecified atom stereocenters. The van der Waals surface area contributed by atoms with Gasteiger partial charge in [0, 0.05) is 39.8 Å². The van der Waals surface area contributed by atoms with Gasteiger partial charge in [-0.3, -0.25) is 9.89 Å². The third-order valence-corrected chi connectivity index (χ3v) is 6.71. The van der Waals surface area contributed by atoms with Crippen molar-refractivity contribution in [3.05, 3.63) is 35.4 Å². The molecule has 30 heavy (non-hydrogen) atoms. The van der Waals surface area contributed by atoms with Gasteiger partial charge in [-0.1, -0.05) is 31.2 Å². The van der Waals surface area contributed by atoms with Crippen LogP contribution < -0.4 is 5.32 Å². The third-order valence-electron chi connectivity index (χ3n) is 6.71. The maximum absolute atomic E-state index is 5.99. The maximum atomic E-state index is 5.99. The number of aliphatic imine (C=N–C) groups is 1. The molecule has 0 saturated carbocycles. The van der Waals surface area contributed by atoms with Gasteiger partial charge in [-0.2, -0.15) is 0 Å². The first-order valence-electron chi connectivity index (χ1n) is 11.7. The lowest BCUT2D eigenvalue weighted by Gasteiger charge is -2.37. The Kier molecular flexibility index (Phi) is 7.63. The molecule has 6 nitrogen and oxygen atoms in total. The lowest BCUT2D eigenvalue weighted by atomic mass is 9.98. The quantitative estimate of drug-likeness (QED) is 0.593. The first kappa shape index (κ1) is 21.6. The van der Waals surface area contributed by atoms with E-state index in [1.165, 1.54) is 37.1 Å². The molecule has 0 radical (unpaired) electrons. The van der Waals surface area contributed by atoms with Crippen LogP contribution in [0.15, 0.2) is 29.3 Å². The molecular weight excluding hydrogens is 376 g/mol. The topological polar surface area (TPSA) is 49.3 Å². The Morgan fingerprint density at radius 2 is 1.87 bits per heavy atom.